The lowest BCUT2D eigenvalue weighted by Crippen LogP contribution is -2.35. The van der Waals surface area contributed by atoms with Gasteiger partial charge in [-0.15, -0.1) is 0 Å². The van der Waals surface area contributed by atoms with Gasteiger partial charge >= 0.3 is 0 Å². The van der Waals surface area contributed by atoms with Crippen LogP contribution in [0.15, 0.2) is 18.2 Å². The molecule has 0 saturated carbocycles. The molecule has 0 aliphatic heterocycles. The maximum Gasteiger partial charge on any atom is 0.251 e. The van der Waals surface area contributed by atoms with E-state index < -0.39 is 0 Å². The van der Waals surface area contributed by atoms with E-state index in [1.165, 1.54) is 0 Å². The first-order chi connectivity index (χ1) is 9.12. The second-order valence-electron chi connectivity index (χ2n) is 4.29. The van der Waals surface area contributed by atoms with E-state index in [0.29, 0.717) is 24.5 Å². The Kier molecular flexibility index (Phi) is 6.32. The Morgan fingerprint density at radius 1 is 1.26 bits per heavy atom. The summed E-state index contributed by atoms with van der Waals surface area (Å²) in [7, 11) is 4.80. The van der Waals surface area contributed by atoms with Gasteiger partial charge in [0.2, 0.25) is 0 Å². The molecule has 0 radical (unpaired) electrons. The third-order valence-electron chi connectivity index (χ3n) is 2.64. The molecule has 5 heteroatoms. The van der Waals surface area contributed by atoms with Crippen LogP contribution in [0.5, 0.6) is 5.75 Å². The van der Waals surface area contributed by atoms with Crippen LogP contribution in [0.2, 0.25) is 0 Å². The molecule has 0 fully saturated rings. The van der Waals surface area contributed by atoms with Crippen LogP contribution < -0.4 is 10.1 Å². The Morgan fingerprint density at radius 3 is 2.58 bits per heavy atom. The maximum absolute atomic E-state index is 12.0. The quantitative estimate of drug-likeness (QED) is 0.815. The van der Waals surface area contributed by atoms with Crippen molar-refractivity contribution in [2.45, 2.75) is 19.6 Å². The maximum atomic E-state index is 12.0. The number of carbonyl (C=O) groups excluding carboxylic acids is 1. The highest BCUT2D eigenvalue weighted by atomic mass is 16.5. The number of methoxy groups -OCH3 is 3. The second kappa shape index (κ2) is 7.76. The van der Waals surface area contributed by atoms with Crippen molar-refractivity contribution in [3.63, 3.8) is 0 Å². The van der Waals surface area contributed by atoms with Crippen molar-refractivity contribution in [3.05, 3.63) is 29.3 Å². The van der Waals surface area contributed by atoms with Crippen LogP contribution in [0.1, 0.15) is 22.8 Å². The molecule has 1 aromatic rings. The fraction of sp³-hybridized carbons (Fsp3) is 0.500. The molecule has 0 heterocycles. The van der Waals surface area contributed by atoms with Crippen molar-refractivity contribution in [2.75, 3.05) is 27.9 Å². The minimum Gasteiger partial charge on any atom is -0.496 e. The third kappa shape index (κ3) is 4.54. The highest BCUT2D eigenvalue weighted by Gasteiger charge is 2.12. The van der Waals surface area contributed by atoms with Crippen molar-refractivity contribution >= 4 is 5.91 Å². The summed E-state index contributed by atoms with van der Waals surface area (Å²) in [6.45, 7) is 2.77. The van der Waals surface area contributed by atoms with Gasteiger partial charge < -0.3 is 19.5 Å². The largest absolute Gasteiger partial charge is 0.496 e. The van der Waals surface area contributed by atoms with Gasteiger partial charge in [-0.05, 0) is 25.1 Å². The van der Waals surface area contributed by atoms with Gasteiger partial charge in [0.15, 0.2) is 0 Å². The molecule has 19 heavy (non-hydrogen) atoms. The smallest absolute Gasteiger partial charge is 0.251 e. The molecule has 0 saturated heterocycles. The van der Waals surface area contributed by atoms with Gasteiger partial charge in [0, 0.05) is 31.4 Å². The first kappa shape index (κ1) is 15.5. The first-order valence-electron chi connectivity index (χ1n) is 6.08. The molecule has 106 valence electrons. The number of rotatable bonds is 7. The highest BCUT2D eigenvalue weighted by Crippen LogP contribution is 2.20. The molecule has 0 aliphatic rings. The van der Waals surface area contributed by atoms with Crippen LogP contribution >= 0.6 is 0 Å². The number of ether oxygens (including phenoxy) is 3. The fourth-order valence-corrected chi connectivity index (χ4v) is 1.79. The summed E-state index contributed by atoms with van der Waals surface area (Å²) in [6.07, 6.45) is 0. The molecule has 1 atom stereocenters. The molecule has 0 aliphatic carbocycles. The predicted molar refractivity (Wildman–Crippen MR) is 72.5 cm³/mol. The van der Waals surface area contributed by atoms with Gasteiger partial charge in [-0.1, -0.05) is 0 Å². The van der Waals surface area contributed by atoms with Crippen LogP contribution in [-0.4, -0.2) is 39.9 Å². The van der Waals surface area contributed by atoms with Crippen molar-refractivity contribution in [2.24, 2.45) is 0 Å². The van der Waals surface area contributed by atoms with Crippen LogP contribution in [-0.2, 0) is 16.1 Å². The van der Waals surface area contributed by atoms with Crippen LogP contribution in [0.3, 0.4) is 0 Å². The van der Waals surface area contributed by atoms with Gasteiger partial charge in [-0.2, -0.15) is 0 Å². The Morgan fingerprint density at radius 2 is 2.00 bits per heavy atom. The molecule has 0 aromatic heterocycles. The normalized spacial score (nSPS) is 12.0. The van der Waals surface area contributed by atoms with Crippen molar-refractivity contribution in [1.82, 2.24) is 5.32 Å². The molecular formula is C14H21NO4. The van der Waals surface area contributed by atoms with Crippen LogP contribution in [0.4, 0.5) is 0 Å². The minimum absolute atomic E-state index is 0.0366. The molecular weight excluding hydrogens is 246 g/mol. The average molecular weight is 267 g/mol. The van der Waals surface area contributed by atoms with E-state index in [0.717, 1.165) is 5.56 Å². The fourth-order valence-electron chi connectivity index (χ4n) is 1.79. The lowest BCUT2D eigenvalue weighted by Gasteiger charge is -2.14. The number of hydrogen-bond acceptors (Lipinski definition) is 4. The van der Waals surface area contributed by atoms with Gasteiger partial charge in [-0.25, -0.2) is 0 Å². The first-order valence-corrected chi connectivity index (χ1v) is 6.08. The van der Waals surface area contributed by atoms with Crippen molar-refractivity contribution in [1.29, 1.82) is 0 Å². The van der Waals surface area contributed by atoms with Gasteiger partial charge in [0.1, 0.15) is 5.75 Å². The molecule has 0 spiro atoms. The standard InChI is InChI=1S/C14H21NO4/c1-10(8-17-2)15-14(16)11-5-6-13(19-4)12(7-11)9-18-3/h5-7,10H,8-9H2,1-4H3,(H,15,16)/t10-/m0/s1. The summed E-state index contributed by atoms with van der Waals surface area (Å²) in [5, 5.41) is 2.86. The Balaban J connectivity index is 2.82. The molecule has 1 rings (SSSR count). The Hall–Kier alpha value is -1.59. The van der Waals surface area contributed by atoms with E-state index in [-0.39, 0.29) is 11.9 Å². The van der Waals surface area contributed by atoms with Gasteiger partial charge in [0.05, 0.1) is 20.3 Å². The topological polar surface area (TPSA) is 56.8 Å². The summed E-state index contributed by atoms with van der Waals surface area (Å²) < 4.78 is 15.3. The SMILES string of the molecule is COCc1cc(C(=O)N[C@@H](C)COC)ccc1OC. The monoisotopic (exact) mass is 267 g/mol. The molecule has 1 aromatic carbocycles. The van der Waals surface area contributed by atoms with Crippen molar-refractivity contribution < 1.29 is 19.0 Å². The zero-order chi connectivity index (χ0) is 14.3. The Bertz CT molecular complexity index is 420. The van der Waals surface area contributed by atoms with E-state index in [1.54, 1.807) is 39.5 Å². The number of nitrogens with one attached hydrogen (secondary N) is 1. The summed E-state index contributed by atoms with van der Waals surface area (Å²) >= 11 is 0. The van der Waals surface area contributed by atoms with Gasteiger partial charge in [-0.3, -0.25) is 4.79 Å². The zero-order valence-corrected chi connectivity index (χ0v) is 11.9. The molecule has 0 unspecified atom stereocenters. The van der Waals surface area contributed by atoms with E-state index in [4.69, 9.17) is 14.2 Å². The molecule has 5 nitrogen and oxygen atoms in total. The minimum atomic E-state index is -0.135. The summed E-state index contributed by atoms with van der Waals surface area (Å²) in [5.74, 6) is 0.577. The number of benzene rings is 1. The number of carbonyl (C=O) groups is 1. The summed E-state index contributed by atoms with van der Waals surface area (Å²) in [4.78, 5) is 12.0. The van der Waals surface area contributed by atoms with E-state index in [2.05, 4.69) is 5.32 Å². The predicted octanol–water partition coefficient (Wildman–Crippen LogP) is 1.61. The summed E-state index contributed by atoms with van der Waals surface area (Å²) in [5.41, 5.74) is 1.42. The number of hydrogen-bond donors (Lipinski definition) is 1. The van der Waals surface area contributed by atoms with Gasteiger partial charge in [0.25, 0.3) is 5.91 Å². The third-order valence-corrected chi connectivity index (χ3v) is 2.64. The van der Waals surface area contributed by atoms with Crippen molar-refractivity contribution in [3.8, 4) is 5.75 Å². The molecule has 0 bridgehead atoms. The lowest BCUT2D eigenvalue weighted by atomic mass is 10.1. The second-order valence-corrected chi connectivity index (χ2v) is 4.29. The van der Waals surface area contributed by atoms with E-state index in [9.17, 15) is 4.79 Å². The van der Waals surface area contributed by atoms with Crippen LogP contribution in [0.25, 0.3) is 0 Å². The number of amides is 1. The van der Waals surface area contributed by atoms with Crippen LogP contribution in [0, 0.1) is 0 Å². The molecule has 1 amide bonds. The zero-order valence-electron chi connectivity index (χ0n) is 11.9. The van der Waals surface area contributed by atoms with E-state index in [1.807, 2.05) is 6.92 Å². The lowest BCUT2D eigenvalue weighted by molar-refractivity contribution is 0.0905. The Labute approximate surface area is 113 Å². The highest BCUT2D eigenvalue weighted by molar-refractivity contribution is 5.94. The summed E-state index contributed by atoms with van der Waals surface area (Å²) in [6, 6.07) is 5.24. The molecule has 1 N–H and O–H groups in total. The van der Waals surface area contributed by atoms with E-state index >= 15 is 0 Å². The average Bonchev–Trinajstić information content (AvgIpc) is 2.39.